The fourth-order valence-electron chi connectivity index (χ4n) is 2.93. The molecule has 0 bridgehead atoms. The molecule has 1 fully saturated rings. The molecule has 2 N–H and O–H groups in total. The van der Waals surface area contributed by atoms with E-state index in [1.54, 1.807) is 0 Å². The predicted molar refractivity (Wildman–Crippen MR) is 82.3 cm³/mol. The Morgan fingerprint density at radius 3 is 3.20 bits per heavy atom. The standard InChI is InChI=1S/C15H20N2O2S/c1-20-14-4-2-3-11(14)16-8-10-5-6-13-12(7-10)17-15(18)9-19-13/h5-7,11,14,16H,2-4,8-9H2,1H3,(H,17,18). The van der Waals surface area contributed by atoms with Crippen molar-refractivity contribution in [3.05, 3.63) is 23.8 Å². The summed E-state index contributed by atoms with van der Waals surface area (Å²) in [6, 6.07) is 6.60. The highest BCUT2D eigenvalue weighted by molar-refractivity contribution is 7.99. The number of rotatable bonds is 4. The van der Waals surface area contributed by atoms with Gasteiger partial charge in [-0.1, -0.05) is 12.5 Å². The van der Waals surface area contributed by atoms with E-state index >= 15 is 0 Å². The molecule has 2 aliphatic rings. The van der Waals surface area contributed by atoms with E-state index in [4.69, 9.17) is 4.74 Å². The number of carbonyl (C=O) groups is 1. The maximum atomic E-state index is 11.3. The third kappa shape index (κ3) is 2.94. The van der Waals surface area contributed by atoms with Gasteiger partial charge in [-0.25, -0.2) is 0 Å². The monoisotopic (exact) mass is 292 g/mol. The van der Waals surface area contributed by atoms with E-state index in [2.05, 4.69) is 23.0 Å². The van der Waals surface area contributed by atoms with Gasteiger partial charge in [0.25, 0.3) is 5.91 Å². The van der Waals surface area contributed by atoms with Crippen molar-refractivity contribution in [2.24, 2.45) is 0 Å². The Kier molecular flexibility index (Phi) is 4.17. The van der Waals surface area contributed by atoms with Gasteiger partial charge in [-0.05, 0) is 36.8 Å². The molecule has 4 nitrogen and oxygen atoms in total. The van der Waals surface area contributed by atoms with E-state index < -0.39 is 0 Å². The summed E-state index contributed by atoms with van der Waals surface area (Å²) in [6.07, 6.45) is 6.08. The van der Waals surface area contributed by atoms with Crippen molar-refractivity contribution in [2.75, 3.05) is 18.2 Å². The molecule has 3 rings (SSSR count). The minimum atomic E-state index is -0.0825. The van der Waals surface area contributed by atoms with Gasteiger partial charge in [-0.2, -0.15) is 11.8 Å². The van der Waals surface area contributed by atoms with Crippen LogP contribution in [0.25, 0.3) is 0 Å². The van der Waals surface area contributed by atoms with Crippen LogP contribution in [0.4, 0.5) is 5.69 Å². The number of hydrogen-bond acceptors (Lipinski definition) is 4. The lowest BCUT2D eigenvalue weighted by Crippen LogP contribution is -2.33. The molecule has 5 heteroatoms. The molecule has 1 aromatic carbocycles. The van der Waals surface area contributed by atoms with Gasteiger partial charge in [0.05, 0.1) is 5.69 Å². The second kappa shape index (κ2) is 6.06. The van der Waals surface area contributed by atoms with E-state index in [0.29, 0.717) is 6.04 Å². The lowest BCUT2D eigenvalue weighted by Gasteiger charge is -2.21. The van der Waals surface area contributed by atoms with Gasteiger partial charge >= 0.3 is 0 Å². The van der Waals surface area contributed by atoms with Crippen molar-refractivity contribution in [3.8, 4) is 5.75 Å². The summed E-state index contributed by atoms with van der Waals surface area (Å²) in [5.74, 6) is 0.678. The second-order valence-electron chi connectivity index (χ2n) is 5.36. The van der Waals surface area contributed by atoms with Crippen LogP contribution < -0.4 is 15.4 Å². The average molecular weight is 292 g/mol. The molecule has 1 heterocycles. The number of benzene rings is 1. The zero-order valence-electron chi connectivity index (χ0n) is 11.6. The number of ether oxygens (including phenoxy) is 1. The van der Waals surface area contributed by atoms with E-state index in [1.165, 1.54) is 24.8 Å². The molecule has 0 aromatic heterocycles. The van der Waals surface area contributed by atoms with Crippen LogP contribution >= 0.6 is 11.8 Å². The third-order valence-corrected chi connectivity index (χ3v) is 5.17. The lowest BCUT2D eigenvalue weighted by molar-refractivity contribution is -0.118. The molecule has 20 heavy (non-hydrogen) atoms. The van der Waals surface area contributed by atoms with E-state index in [0.717, 1.165) is 23.2 Å². The van der Waals surface area contributed by atoms with Gasteiger partial charge in [-0.3, -0.25) is 4.79 Å². The van der Waals surface area contributed by atoms with Crippen LogP contribution in [0.3, 0.4) is 0 Å². The highest BCUT2D eigenvalue weighted by Gasteiger charge is 2.25. The summed E-state index contributed by atoms with van der Waals surface area (Å²) in [5.41, 5.74) is 1.97. The van der Waals surface area contributed by atoms with Crippen molar-refractivity contribution >= 4 is 23.4 Å². The van der Waals surface area contributed by atoms with Gasteiger partial charge in [0.15, 0.2) is 6.61 Å². The molecule has 1 aliphatic carbocycles. The Balaban J connectivity index is 1.63. The van der Waals surface area contributed by atoms with Crippen LogP contribution in [0.15, 0.2) is 18.2 Å². The Labute approximate surface area is 123 Å². The molecule has 0 saturated heterocycles. The number of fused-ring (bicyclic) bond motifs is 1. The summed E-state index contributed by atoms with van der Waals surface area (Å²) < 4.78 is 5.37. The summed E-state index contributed by atoms with van der Waals surface area (Å²) in [4.78, 5) is 11.3. The first-order valence-electron chi connectivity index (χ1n) is 7.08. The fourth-order valence-corrected chi connectivity index (χ4v) is 3.89. The summed E-state index contributed by atoms with van der Waals surface area (Å²) in [5, 5.41) is 7.23. The van der Waals surface area contributed by atoms with Crippen molar-refractivity contribution in [2.45, 2.75) is 37.1 Å². The van der Waals surface area contributed by atoms with Crippen LogP contribution in [0.2, 0.25) is 0 Å². The number of carbonyl (C=O) groups excluding carboxylic acids is 1. The highest BCUT2D eigenvalue weighted by Crippen LogP contribution is 2.30. The van der Waals surface area contributed by atoms with Gasteiger partial charge in [0.2, 0.25) is 0 Å². The van der Waals surface area contributed by atoms with Crippen molar-refractivity contribution < 1.29 is 9.53 Å². The molecular formula is C15H20N2O2S. The van der Waals surface area contributed by atoms with Gasteiger partial charge in [-0.15, -0.1) is 0 Å². The zero-order chi connectivity index (χ0) is 13.9. The first kappa shape index (κ1) is 13.8. The second-order valence-corrected chi connectivity index (χ2v) is 6.44. The van der Waals surface area contributed by atoms with Gasteiger partial charge in [0, 0.05) is 17.8 Å². The summed E-state index contributed by atoms with van der Waals surface area (Å²) in [7, 11) is 0. The number of thioether (sulfide) groups is 1. The Morgan fingerprint density at radius 2 is 2.35 bits per heavy atom. The fraction of sp³-hybridized carbons (Fsp3) is 0.533. The summed E-state index contributed by atoms with van der Waals surface area (Å²) in [6.45, 7) is 0.951. The minimum absolute atomic E-state index is 0.0825. The average Bonchev–Trinajstić information content (AvgIpc) is 2.92. The van der Waals surface area contributed by atoms with Crippen molar-refractivity contribution in [1.29, 1.82) is 0 Å². The molecule has 1 amide bonds. The van der Waals surface area contributed by atoms with E-state index in [-0.39, 0.29) is 12.5 Å². The molecule has 1 aromatic rings. The largest absolute Gasteiger partial charge is 0.482 e. The summed E-state index contributed by atoms with van der Waals surface area (Å²) >= 11 is 1.96. The maximum Gasteiger partial charge on any atom is 0.262 e. The van der Waals surface area contributed by atoms with Gasteiger partial charge in [0.1, 0.15) is 5.75 Å². The molecule has 1 saturated carbocycles. The number of nitrogens with one attached hydrogen (secondary N) is 2. The first-order valence-corrected chi connectivity index (χ1v) is 8.37. The highest BCUT2D eigenvalue weighted by atomic mass is 32.2. The zero-order valence-corrected chi connectivity index (χ0v) is 12.5. The minimum Gasteiger partial charge on any atom is -0.482 e. The number of amides is 1. The third-order valence-electron chi connectivity index (χ3n) is 4.00. The van der Waals surface area contributed by atoms with Crippen LogP contribution in [-0.4, -0.2) is 30.1 Å². The van der Waals surface area contributed by atoms with Crippen LogP contribution in [-0.2, 0) is 11.3 Å². The normalized spacial score (nSPS) is 24.9. The molecule has 2 unspecified atom stereocenters. The number of anilines is 1. The molecule has 2 atom stereocenters. The van der Waals surface area contributed by atoms with Crippen LogP contribution in [0, 0.1) is 0 Å². The van der Waals surface area contributed by atoms with Crippen LogP contribution in [0.5, 0.6) is 5.75 Å². The Bertz CT molecular complexity index is 507. The quantitative estimate of drug-likeness (QED) is 0.894. The topological polar surface area (TPSA) is 50.4 Å². The molecule has 0 spiro atoms. The van der Waals surface area contributed by atoms with E-state index in [9.17, 15) is 4.79 Å². The predicted octanol–water partition coefficient (Wildman–Crippen LogP) is 2.39. The molecule has 0 radical (unpaired) electrons. The van der Waals surface area contributed by atoms with Crippen molar-refractivity contribution in [3.63, 3.8) is 0 Å². The van der Waals surface area contributed by atoms with Gasteiger partial charge < -0.3 is 15.4 Å². The molecule has 1 aliphatic heterocycles. The SMILES string of the molecule is CSC1CCCC1NCc1ccc2c(c1)NC(=O)CO2. The first-order chi connectivity index (χ1) is 9.76. The number of hydrogen-bond donors (Lipinski definition) is 2. The van der Waals surface area contributed by atoms with Crippen LogP contribution in [0.1, 0.15) is 24.8 Å². The maximum absolute atomic E-state index is 11.3. The molecular weight excluding hydrogens is 272 g/mol. The lowest BCUT2D eigenvalue weighted by atomic mass is 10.1. The van der Waals surface area contributed by atoms with Crippen molar-refractivity contribution in [1.82, 2.24) is 5.32 Å². The van der Waals surface area contributed by atoms with E-state index in [1.807, 2.05) is 23.9 Å². The Hall–Kier alpha value is -1.20. The Morgan fingerprint density at radius 1 is 1.45 bits per heavy atom. The smallest absolute Gasteiger partial charge is 0.262 e. The molecule has 108 valence electrons.